The minimum atomic E-state index is 0.0608. The summed E-state index contributed by atoms with van der Waals surface area (Å²) in [4.78, 5) is 21.1. The summed E-state index contributed by atoms with van der Waals surface area (Å²) < 4.78 is 0. The van der Waals surface area contributed by atoms with Crippen LogP contribution in [0.3, 0.4) is 0 Å². The molecule has 0 radical (unpaired) electrons. The lowest BCUT2D eigenvalue weighted by atomic mass is 9.99. The molecule has 0 bridgehead atoms. The van der Waals surface area contributed by atoms with Gasteiger partial charge in [-0.3, -0.25) is 4.79 Å². The monoisotopic (exact) mass is 353 g/mol. The molecule has 1 saturated heterocycles. The van der Waals surface area contributed by atoms with E-state index in [1.165, 1.54) is 16.9 Å². The summed E-state index contributed by atoms with van der Waals surface area (Å²) in [6, 6.07) is 8.40. The number of likely N-dealkylation sites (tertiary alicyclic amines) is 1. The Morgan fingerprint density at radius 2 is 2.08 bits per heavy atom. The van der Waals surface area contributed by atoms with Crippen LogP contribution >= 0.6 is 11.3 Å². The first-order valence-electron chi connectivity index (χ1n) is 8.97. The summed E-state index contributed by atoms with van der Waals surface area (Å²) in [5.74, 6) is 0.759. The van der Waals surface area contributed by atoms with E-state index < -0.39 is 0 Å². The fourth-order valence-corrected chi connectivity index (χ4v) is 4.54. The topological polar surface area (TPSA) is 59.2 Å². The van der Waals surface area contributed by atoms with Crippen LogP contribution in [0.2, 0.25) is 0 Å². The average molecular weight is 353 g/mol. The van der Waals surface area contributed by atoms with Crippen LogP contribution in [-0.4, -0.2) is 28.9 Å². The first-order chi connectivity index (χ1) is 12.1. The average Bonchev–Trinajstić information content (AvgIpc) is 2.95. The van der Waals surface area contributed by atoms with Crippen LogP contribution in [-0.2, 0) is 6.42 Å². The van der Waals surface area contributed by atoms with E-state index in [2.05, 4.69) is 38.1 Å². The van der Waals surface area contributed by atoms with Crippen LogP contribution in [0.5, 0.6) is 0 Å². The van der Waals surface area contributed by atoms with E-state index in [9.17, 15) is 4.79 Å². The molecule has 4 nitrogen and oxygen atoms in total. The van der Waals surface area contributed by atoms with E-state index in [4.69, 9.17) is 10.7 Å². The van der Waals surface area contributed by atoms with Crippen LogP contribution in [0, 0.1) is 5.92 Å². The molecule has 130 valence electrons. The van der Waals surface area contributed by atoms with Crippen molar-refractivity contribution in [2.75, 3.05) is 18.8 Å². The fourth-order valence-electron chi connectivity index (χ4n) is 3.49. The molecule has 0 spiro atoms. The van der Waals surface area contributed by atoms with Gasteiger partial charge >= 0.3 is 0 Å². The second-order valence-corrected chi connectivity index (χ2v) is 8.04. The number of hydrogen-bond donors (Lipinski definition) is 1. The molecular formula is C20H23N3OS. The second kappa shape index (κ2) is 6.30. The van der Waals surface area contributed by atoms with Gasteiger partial charge in [-0.2, -0.15) is 0 Å². The van der Waals surface area contributed by atoms with Crippen molar-refractivity contribution in [2.45, 2.75) is 33.1 Å². The Balaban J connectivity index is 1.76. The standard InChI is InChI=1S/C20H23N3OS/c1-3-13-4-5-16-14(10-13)11-15-17(21)18(25-19(15)22-16)20(24)23-8-6-12(2)7-9-23/h4-5,10-12H,3,6-9,21H2,1-2H3. The zero-order chi connectivity index (χ0) is 17.6. The molecule has 1 amide bonds. The molecule has 0 unspecified atom stereocenters. The number of fused-ring (bicyclic) bond motifs is 2. The minimum absolute atomic E-state index is 0.0608. The lowest BCUT2D eigenvalue weighted by Crippen LogP contribution is -2.37. The van der Waals surface area contributed by atoms with Gasteiger partial charge < -0.3 is 10.6 Å². The zero-order valence-electron chi connectivity index (χ0n) is 14.7. The molecule has 3 aromatic rings. The molecular weight excluding hydrogens is 330 g/mol. The van der Waals surface area contributed by atoms with Gasteiger partial charge in [0.15, 0.2) is 0 Å². The normalized spacial score (nSPS) is 16.0. The van der Waals surface area contributed by atoms with Gasteiger partial charge in [0.25, 0.3) is 5.91 Å². The van der Waals surface area contributed by atoms with Crippen molar-refractivity contribution in [3.8, 4) is 0 Å². The zero-order valence-corrected chi connectivity index (χ0v) is 15.5. The summed E-state index contributed by atoms with van der Waals surface area (Å²) in [5, 5.41) is 1.99. The molecule has 3 heterocycles. The van der Waals surface area contributed by atoms with Gasteiger partial charge in [-0.15, -0.1) is 11.3 Å². The van der Waals surface area contributed by atoms with Gasteiger partial charge in [-0.25, -0.2) is 4.98 Å². The maximum absolute atomic E-state index is 12.9. The Hall–Kier alpha value is -2.14. The van der Waals surface area contributed by atoms with Crippen molar-refractivity contribution in [1.82, 2.24) is 9.88 Å². The summed E-state index contributed by atoms with van der Waals surface area (Å²) in [6.07, 6.45) is 3.13. The predicted octanol–water partition coefficient (Wildman–Crippen LogP) is 4.47. The third-order valence-corrected chi connectivity index (χ3v) is 6.35. The van der Waals surface area contributed by atoms with Gasteiger partial charge in [0.05, 0.1) is 11.2 Å². The van der Waals surface area contributed by atoms with Crippen molar-refractivity contribution in [3.05, 3.63) is 34.7 Å². The Morgan fingerprint density at radius 3 is 2.80 bits per heavy atom. The first kappa shape index (κ1) is 16.3. The lowest BCUT2D eigenvalue weighted by molar-refractivity contribution is 0.0703. The van der Waals surface area contributed by atoms with E-state index in [1.807, 2.05) is 4.90 Å². The van der Waals surface area contributed by atoms with Crippen LogP contribution in [0.25, 0.3) is 21.1 Å². The maximum atomic E-state index is 12.9. The molecule has 1 aromatic carbocycles. The van der Waals surface area contributed by atoms with E-state index in [0.717, 1.165) is 53.5 Å². The van der Waals surface area contributed by atoms with Crippen molar-refractivity contribution in [1.29, 1.82) is 0 Å². The number of aromatic nitrogens is 1. The Morgan fingerprint density at radius 1 is 1.32 bits per heavy atom. The van der Waals surface area contributed by atoms with Crippen LogP contribution in [0.1, 0.15) is 41.9 Å². The van der Waals surface area contributed by atoms with Gasteiger partial charge in [-0.1, -0.05) is 19.9 Å². The number of aryl methyl sites for hydroxylation is 1. The molecule has 0 aliphatic carbocycles. The van der Waals surface area contributed by atoms with Gasteiger partial charge in [-0.05, 0) is 48.9 Å². The van der Waals surface area contributed by atoms with Gasteiger partial charge in [0.2, 0.25) is 0 Å². The third-order valence-electron chi connectivity index (χ3n) is 5.25. The second-order valence-electron chi connectivity index (χ2n) is 7.04. The SMILES string of the molecule is CCc1ccc2nc3sc(C(=O)N4CCC(C)CC4)c(N)c3cc2c1. The quantitative estimate of drug-likeness (QED) is 0.739. The number of nitrogens with two attached hydrogens (primary N) is 1. The first-order valence-corrected chi connectivity index (χ1v) is 9.79. The number of pyridine rings is 1. The molecule has 4 rings (SSSR count). The summed E-state index contributed by atoms with van der Waals surface area (Å²) in [5.41, 5.74) is 9.18. The number of carbonyl (C=O) groups excluding carboxylic acids is 1. The highest BCUT2D eigenvalue weighted by Gasteiger charge is 2.25. The van der Waals surface area contributed by atoms with Crippen molar-refractivity contribution in [2.24, 2.45) is 5.92 Å². The number of thiophene rings is 1. The molecule has 1 fully saturated rings. The smallest absolute Gasteiger partial charge is 0.266 e. The molecule has 2 aromatic heterocycles. The number of carbonyl (C=O) groups is 1. The number of benzene rings is 1. The number of nitrogens with zero attached hydrogens (tertiary/aromatic N) is 2. The molecule has 5 heteroatoms. The van der Waals surface area contributed by atoms with Gasteiger partial charge in [0.1, 0.15) is 9.71 Å². The maximum Gasteiger partial charge on any atom is 0.266 e. The highest BCUT2D eigenvalue weighted by molar-refractivity contribution is 7.21. The molecule has 0 atom stereocenters. The Labute approximate surface area is 151 Å². The number of anilines is 1. The number of piperidine rings is 1. The molecule has 1 aliphatic rings. The Kier molecular flexibility index (Phi) is 4.12. The van der Waals surface area contributed by atoms with E-state index in [0.29, 0.717) is 16.5 Å². The number of amides is 1. The summed E-state index contributed by atoms with van der Waals surface area (Å²) >= 11 is 1.42. The predicted molar refractivity (Wildman–Crippen MR) is 105 cm³/mol. The van der Waals surface area contributed by atoms with Crippen LogP contribution in [0.4, 0.5) is 5.69 Å². The van der Waals surface area contributed by atoms with Crippen molar-refractivity contribution >= 4 is 44.1 Å². The lowest BCUT2D eigenvalue weighted by Gasteiger charge is -2.30. The number of hydrogen-bond acceptors (Lipinski definition) is 4. The van der Waals surface area contributed by atoms with E-state index >= 15 is 0 Å². The molecule has 2 N–H and O–H groups in total. The molecule has 25 heavy (non-hydrogen) atoms. The largest absolute Gasteiger partial charge is 0.397 e. The number of nitrogen functional groups attached to an aromatic ring is 1. The number of rotatable bonds is 2. The summed E-state index contributed by atoms with van der Waals surface area (Å²) in [7, 11) is 0. The van der Waals surface area contributed by atoms with E-state index in [-0.39, 0.29) is 5.91 Å². The van der Waals surface area contributed by atoms with Crippen molar-refractivity contribution in [3.63, 3.8) is 0 Å². The summed E-state index contributed by atoms with van der Waals surface area (Å²) in [6.45, 7) is 6.03. The van der Waals surface area contributed by atoms with Crippen LogP contribution in [0.15, 0.2) is 24.3 Å². The highest BCUT2D eigenvalue weighted by atomic mass is 32.1. The fraction of sp³-hybridized carbons (Fsp3) is 0.400. The Bertz CT molecular complexity index is 954. The molecule has 0 saturated carbocycles. The van der Waals surface area contributed by atoms with Gasteiger partial charge in [0, 0.05) is 23.9 Å². The van der Waals surface area contributed by atoms with Crippen LogP contribution < -0.4 is 5.73 Å². The minimum Gasteiger partial charge on any atom is -0.397 e. The highest BCUT2D eigenvalue weighted by Crippen LogP contribution is 2.36. The molecule has 1 aliphatic heterocycles. The van der Waals surface area contributed by atoms with Crippen molar-refractivity contribution < 1.29 is 4.79 Å². The van der Waals surface area contributed by atoms with E-state index in [1.54, 1.807) is 0 Å². The third kappa shape index (κ3) is 2.86.